The number of para-hydroxylation sites is 1. The topological polar surface area (TPSA) is 77.5 Å². The summed E-state index contributed by atoms with van der Waals surface area (Å²) in [5.74, 6) is 1.12. The molecule has 38 heavy (non-hydrogen) atoms. The van der Waals surface area contributed by atoms with Crippen molar-refractivity contribution in [3.05, 3.63) is 89.0 Å². The van der Waals surface area contributed by atoms with Crippen LogP contribution in [0.1, 0.15) is 53.2 Å². The summed E-state index contributed by atoms with van der Waals surface area (Å²) >= 11 is 0. The van der Waals surface area contributed by atoms with Crippen LogP contribution in [0.15, 0.2) is 66.7 Å². The average Bonchev–Trinajstić information content (AvgIpc) is 3.40. The minimum absolute atomic E-state index is 0.0572. The Bertz CT molecular complexity index is 1280. The van der Waals surface area contributed by atoms with Crippen LogP contribution in [0.2, 0.25) is 0 Å². The predicted molar refractivity (Wildman–Crippen MR) is 145 cm³/mol. The molecule has 0 spiro atoms. The highest BCUT2D eigenvalue weighted by molar-refractivity contribution is 5.89. The Morgan fingerprint density at radius 1 is 1.05 bits per heavy atom. The van der Waals surface area contributed by atoms with Gasteiger partial charge in [-0.25, -0.2) is 4.79 Å². The minimum atomic E-state index is -1.24. The molecule has 2 aliphatic rings. The highest BCUT2D eigenvalue weighted by Gasteiger charge is 2.57. The smallest absolute Gasteiger partial charge is 0.338 e. The second kappa shape index (κ2) is 11.1. The number of unbranched alkanes of at least 4 members (excludes halogenated alkanes) is 1. The number of rotatable bonds is 10. The van der Waals surface area contributed by atoms with Crippen LogP contribution < -0.4 is 14.4 Å². The zero-order valence-corrected chi connectivity index (χ0v) is 22.2. The maximum atomic E-state index is 12.5. The summed E-state index contributed by atoms with van der Waals surface area (Å²) in [5.41, 5.74) is 3.00. The van der Waals surface area contributed by atoms with Gasteiger partial charge in [-0.15, -0.1) is 0 Å². The number of anilines is 1. The molecule has 0 aliphatic carbocycles. The van der Waals surface area contributed by atoms with Crippen molar-refractivity contribution in [2.45, 2.75) is 57.1 Å². The monoisotopic (exact) mass is 517 g/mol. The van der Waals surface area contributed by atoms with Gasteiger partial charge in [0.15, 0.2) is 6.23 Å². The van der Waals surface area contributed by atoms with E-state index in [1.54, 1.807) is 38.5 Å². The molecule has 200 valence electrons. The maximum absolute atomic E-state index is 12.5. The van der Waals surface area contributed by atoms with Crippen LogP contribution >= 0.6 is 0 Å². The molecule has 2 heterocycles. The van der Waals surface area contributed by atoms with E-state index in [9.17, 15) is 9.90 Å². The highest BCUT2D eigenvalue weighted by atomic mass is 16.6. The first kappa shape index (κ1) is 26.1. The van der Waals surface area contributed by atoms with Gasteiger partial charge < -0.3 is 29.0 Å². The van der Waals surface area contributed by atoms with Gasteiger partial charge in [0, 0.05) is 17.7 Å². The fourth-order valence-electron chi connectivity index (χ4n) is 5.66. The van der Waals surface area contributed by atoms with Crippen LogP contribution in [0, 0.1) is 0 Å². The molecule has 0 bridgehead atoms. The number of ether oxygens (including phenoxy) is 4. The Balaban J connectivity index is 1.42. The van der Waals surface area contributed by atoms with E-state index < -0.39 is 23.9 Å². The van der Waals surface area contributed by atoms with E-state index in [1.807, 2.05) is 36.4 Å². The van der Waals surface area contributed by atoms with Gasteiger partial charge in [0.1, 0.15) is 23.7 Å². The molecule has 2 aliphatic heterocycles. The molecule has 3 atom stereocenters. The third-order valence-electron chi connectivity index (χ3n) is 7.49. The number of aryl methyl sites for hydroxylation is 1. The lowest BCUT2D eigenvalue weighted by atomic mass is 9.91. The van der Waals surface area contributed by atoms with Crippen molar-refractivity contribution in [1.82, 2.24) is 0 Å². The average molecular weight is 518 g/mol. The zero-order valence-electron chi connectivity index (χ0n) is 22.2. The number of fused-ring (bicyclic) bond motifs is 3. The summed E-state index contributed by atoms with van der Waals surface area (Å²) in [6.07, 6.45) is 2.28. The van der Waals surface area contributed by atoms with Crippen molar-refractivity contribution >= 4 is 11.7 Å². The van der Waals surface area contributed by atoms with Gasteiger partial charge in [0.05, 0.1) is 38.0 Å². The molecule has 5 rings (SSSR count). The van der Waals surface area contributed by atoms with Gasteiger partial charge in [-0.1, -0.05) is 55.8 Å². The Morgan fingerprint density at radius 3 is 2.55 bits per heavy atom. The van der Waals surface area contributed by atoms with Crippen molar-refractivity contribution in [2.24, 2.45) is 0 Å². The summed E-state index contributed by atoms with van der Waals surface area (Å²) in [5, 5.41) is 11.9. The first-order valence-electron chi connectivity index (χ1n) is 13.2. The van der Waals surface area contributed by atoms with E-state index in [4.69, 9.17) is 18.9 Å². The summed E-state index contributed by atoms with van der Waals surface area (Å²) in [6, 6.07) is 20.7. The molecule has 3 aromatic rings. The number of aliphatic hydroxyl groups is 1. The molecule has 1 saturated heterocycles. The standard InChI is InChI=1S/C31H35NO6/c1-4-5-11-21-16-17-27(35-2)24(28(21)36-3)19-32-26-15-10-9-14-25(26)31(34)18-23(38-30(31)32)20-37-29(33)22-12-7-6-8-13-22/h6-10,12-17,23,30,34H,4-5,11,18-20H2,1-3H3/t23-,30-,31+/m0/s1. The number of benzene rings is 3. The molecule has 3 aromatic carbocycles. The van der Waals surface area contributed by atoms with Crippen LogP contribution in [0.5, 0.6) is 11.5 Å². The molecular weight excluding hydrogens is 482 g/mol. The first-order chi connectivity index (χ1) is 18.5. The van der Waals surface area contributed by atoms with E-state index in [0.717, 1.165) is 53.1 Å². The van der Waals surface area contributed by atoms with Crippen LogP contribution in [0.4, 0.5) is 5.69 Å². The van der Waals surface area contributed by atoms with E-state index in [0.29, 0.717) is 18.5 Å². The third kappa shape index (κ3) is 4.72. The zero-order chi connectivity index (χ0) is 26.7. The number of hydrogen-bond acceptors (Lipinski definition) is 7. The van der Waals surface area contributed by atoms with E-state index in [1.165, 1.54) is 0 Å². The molecular formula is C31H35NO6. The number of hydrogen-bond donors (Lipinski definition) is 1. The Morgan fingerprint density at radius 2 is 1.82 bits per heavy atom. The lowest BCUT2D eigenvalue weighted by Crippen LogP contribution is -2.41. The molecule has 0 saturated carbocycles. The number of nitrogens with zero attached hydrogens (tertiary/aromatic N) is 1. The Labute approximate surface area is 223 Å². The van der Waals surface area contributed by atoms with Crippen molar-refractivity contribution in [1.29, 1.82) is 0 Å². The third-order valence-corrected chi connectivity index (χ3v) is 7.49. The van der Waals surface area contributed by atoms with E-state index in [-0.39, 0.29) is 6.61 Å². The molecule has 0 radical (unpaired) electrons. The number of carbonyl (C=O) groups excluding carboxylic acids is 1. The van der Waals surface area contributed by atoms with Gasteiger partial charge in [-0.05, 0) is 42.7 Å². The summed E-state index contributed by atoms with van der Waals surface area (Å²) < 4.78 is 23.6. The van der Waals surface area contributed by atoms with Crippen LogP contribution in [-0.2, 0) is 28.0 Å². The Kier molecular flexibility index (Phi) is 7.58. The molecule has 7 heteroatoms. The predicted octanol–water partition coefficient (Wildman–Crippen LogP) is 5.23. The highest BCUT2D eigenvalue weighted by Crippen LogP contribution is 2.52. The first-order valence-corrected chi connectivity index (χ1v) is 13.2. The fraction of sp³-hybridized carbons (Fsp3) is 0.387. The summed E-state index contributed by atoms with van der Waals surface area (Å²) in [7, 11) is 3.34. The lowest BCUT2D eigenvalue weighted by molar-refractivity contribution is -0.0510. The van der Waals surface area contributed by atoms with Crippen molar-refractivity contribution in [2.75, 3.05) is 25.7 Å². The minimum Gasteiger partial charge on any atom is -0.496 e. The van der Waals surface area contributed by atoms with Crippen molar-refractivity contribution in [3.8, 4) is 11.5 Å². The van der Waals surface area contributed by atoms with E-state index >= 15 is 0 Å². The molecule has 7 nitrogen and oxygen atoms in total. The second-order valence-corrected chi connectivity index (χ2v) is 9.89. The molecule has 1 fully saturated rings. The maximum Gasteiger partial charge on any atom is 0.338 e. The number of carbonyl (C=O) groups is 1. The normalized spacial score (nSPS) is 21.6. The van der Waals surface area contributed by atoms with Gasteiger partial charge in [-0.2, -0.15) is 0 Å². The van der Waals surface area contributed by atoms with Crippen LogP contribution in [0.3, 0.4) is 0 Å². The largest absolute Gasteiger partial charge is 0.496 e. The van der Waals surface area contributed by atoms with Crippen molar-refractivity contribution in [3.63, 3.8) is 0 Å². The molecule has 0 unspecified atom stereocenters. The number of esters is 1. The van der Waals surface area contributed by atoms with Gasteiger partial charge in [0.2, 0.25) is 0 Å². The van der Waals surface area contributed by atoms with Gasteiger partial charge in [0.25, 0.3) is 0 Å². The summed E-state index contributed by atoms with van der Waals surface area (Å²) in [6.45, 7) is 2.65. The molecule has 0 aromatic heterocycles. The van der Waals surface area contributed by atoms with E-state index in [2.05, 4.69) is 17.9 Å². The van der Waals surface area contributed by atoms with Crippen LogP contribution in [0.25, 0.3) is 0 Å². The lowest BCUT2D eigenvalue weighted by Gasteiger charge is -2.30. The molecule has 0 amide bonds. The van der Waals surface area contributed by atoms with Gasteiger partial charge >= 0.3 is 5.97 Å². The number of methoxy groups -OCH3 is 2. The quantitative estimate of drug-likeness (QED) is 0.369. The van der Waals surface area contributed by atoms with Crippen molar-refractivity contribution < 1.29 is 28.8 Å². The SMILES string of the molecule is CCCCc1ccc(OC)c(CN2c3ccccc3[C@]3(O)C[C@@H](COC(=O)c4ccccc4)O[C@H]23)c1OC. The fourth-order valence-corrected chi connectivity index (χ4v) is 5.66. The second-order valence-electron chi connectivity index (χ2n) is 9.89. The Hall–Kier alpha value is -3.55. The van der Waals surface area contributed by atoms with Gasteiger partial charge in [-0.3, -0.25) is 0 Å². The summed E-state index contributed by atoms with van der Waals surface area (Å²) in [4.78, 5) is 14.6. The molecule has 1 N–H and O–H groups in total. The van der Waals surface area contributed by atoms with Crippen LogP contribution in [-0.4, -0.2) is 44.2 Å².